The normalized spacial score (nSPS) is 25.4. The number of carboxylic acids is 1. The monoisotopic (exact) mass is 283 g/mol. The van der Waals surface area contributed by atoms with Crippen LogP contribution >= 0.6 is 0 Å². The number of H-pyrrole nitrogens is 1. The summed E-state index contributed by atoms with van der Waals surface area (Å²) >= 11 is 0. The summed E-state index contributed by atoms with van der Waals surface area (Å²) in [7, 11) is 0. The summed E-state index contributed by atoms with van der Waals surface area (Å²) in [5, 5.41) is 22.2. The molecular weight excluding hydrogens is 270 g/mol. The molecule has 1 fully saturated rings. The van der Waals surface area contributed by atoms with E-state index in [0.717, 1.165) is 12.3 Å². The lowest BCUT2D eigenvalue weighted by Gasteiger charge is -2.25. The zero-order valence-electron chi connectivity index (χ0n) is 10.6. The van der Waals surface area contributed by atoms with Crippen molar-refractivity contribution in [2.24, 2.45) is 5.41 Å². The van der Waals surface area contributed by atoms with Gasteiger partial charge in [0.2, 0.25) is 0 Å². The molecule has 2 atom stereocenters. The van der Waals surface area contributed by atoms with E-state index < -0.39 is 28.3 Å². The summed E-state index contributed by atoms with van der Waals surface area (Å²) in [6, 6.07) is 0.387. The highest BCUT2D eigenvalue weighted by Crippen LogP contribution is 2.29. The van der Waals surface area contributed by atoms with Crippen molar-refractivity contribution in [2.75, 3.05) is 13.2 Å². The van der Waals surface area contributed by atoms with Crippen LogP contribution in [0.1, 0.15) is 17.4 Å². The third kappa shape index (κ3) is 2.35. The molecule has 2 rings (SSSR count). The molecule has 0 saturated carbocycles. The third-order valence-electron chi connectivity index (χ3n) is 3.37. The second-order valence-electron chi connectivity index (χ2n) is 4.79. The van der Waals surface area contributed by atoms with Gasteiger partial charge in [-0.15, -0.1) is 0 Å². The molecule has 1 saturated heterocycles. The highest BCUT2D eigenvalue weighted by atomic mass is 16.6. The van der Waals surface area contributed by atoms with Gasteiger partial charge in [0.05, 0.1) is 30.4 Å². The minimum atomic E-state index is -1.21. The molecule has 1 aliphatic rings. The number of amides is 1. The van der Waals surface area contributed by atoms with Crippen molar-refractivity contribution in [1.29, 1.82) is 0 Å². The molecule has 1 amide bonds. The maximum absolute atomic E-state index is 11.9. The Balaban J connectivity index is 2.11. The number of hydrogen-bond acceptors (Lipinski definition) is 5. The topological polar surface area (TPSA) is 135 Å². The smallest absolute Gasteiger partial charge is 0.313 e. The Bertz CT molecular complexity index is 568. The number of carbonyl (C=O) groups is 2. The number of rotatable bonds is 4. The Morgan fingerprint density at radius 3 is 2.90 bits per heavy atom. The van der Waals surface area contributed by atoms with E-state index >= 15 is 0 Å². The van der Waals surface area contributed by atoms with E-state index in [0.29, 0.717) is 0 Å². The van der Waals surface area contributed by atoms with Crippen LogP contribution in [0.15, 0.2) is 12.3 Å². The fourth-order valence-corrected chi connectivity index (χ4v) is 1.94. The molecule has 9 nitrogen and oxygen atoms in total. The van der Waals surface area contributed by atoms with E-state index in [9.17, 15) is 24.8 Å². The minimum absolute atomic E-state index is 0.00183. The van der Waals surface area contributed by atoms with E-state index in [-0.39, 0.29) is 24.6 Å². The van der Waals surface area contributed by atoms with Gasteiger partial charge in [-0.05, 0) is 6.92 Å². The molecule has 1 aliphatic heterocycles. The number of carboxylic acid groups (broad SMARTS) is 1. The number of aliphatic carboxylic acids is 1. The van der Waals surface area contributed by atoms with Crippen LogP contribution < -0.4 is 5.32 Å². The van der Waals surface area contributed by atoms with Crippen molar-refractivity contribution in [3.8, 4) is 0 Å². The molecule has 20 heavy (non-hydrogen) atoms. The number of nitrogens with zero attached hydrogens (tertiary/aromatic N) is 1. The second kappa shape index (κ2) is 4.93. The largest absolute Gasteiger partial charge is 0.481 e. The SMILES string of the molecule is CC1(C(=O)O)COCC1NC(=O)c1cc([N+](=O)[O-])c[nH]1. The van der Waals surface area contributed by atoms with Crippen molar-refractivity contribution >= 4 is 17.6 Å². The Labute approximate surface area is 113 Å². The molecule has 0 aromatic carbocycles. The molecule has 0 radical (unpaired) electrons. The molecule has 1 aromatic heterocycles. The first-order valence-electron chi connectivity index (χ1n) is 5.79. The Hall–Kier alpha value is -2.42. The Kier molecular flexibility index (Phi) is 3.45. The lowest BCUT2D eigenvalue weighted by Crippen LogP contribution is -2.49. The predicted molar refractivity (Wildman–Crippen MR) is 65.3 cm³/mol. The Morgan fingerprint density at radius 1 is 1.65 bits per heavy atom. The summed E-state index contributed by atoms with van der Waals surface area (Å²) in [6.45, 7) is 1.56. The van der Waals surface area contributed by atoms with Gasteiger partial charge in [0, 0.05) is 6.07 Å². The zero-order valence-corrected chi connectivity index (χ0v) is 10.6. The number of nitrogens with one attached hydrogen (secondary N) is 2. The van der Waals surface area contributed by atoms with Crippen LogP contribution in [-0.2, 0) is 9.53 Å². The van der Waals surface area contributed by atoms with Crippen molar-refractivity contribution in [1.82, 2.24) is 10.3 Å². The predicted octanol–water partition coefficient (Wildman–Crippen LogP) is 0.142. The maximum Gasteiger partial charge on any atom is 0.313 e. The van der Waals surface area contributed by atoms with Crippen LogP contribution in [0.4, 0.5) is 5.69 Å². The average molecular weight is 283 g/mol. The van der Waals surface area contributed by atoms with Gasteiger partial charge in [-0.1, -0.05) is 0 Å². The number of aromatic amines is 1. The van der Waals surface area contributed by atoms with Crippen molar-refractivity contribution in [2.45, 2.75) is 13.0 Å². The van der Waals surface area contributed by atoms with Crippen LogP contribution in [0, 0.1) is 15.5 Å². The van der Waals surface area contributed by atoms with E-state index in [4.69, 9.17) is 4.74 Å². The molecule has 2 unspecified atom stereocenters. The van der Waals surface area contributed by atoms with E-state index in [1.165, 1.54) is 6.92 Å². The first-order chi connectivity index (χ1) is 9.34. The third-order valence-corrected chi connectivity index (χ3v) is 3.37. The molecule has 1 aromatic rings. The number of carbonyl (C=O) groups excluding carboxylic acids is 1. The highest BCUT2D eigenvalue weighted by molar-refractivity contribution is 5.94. The molecule has 2 heterocycles. The fraction of sp³-hybridized carbons (Fsp3) is 0.455. The molecular formula is C11H13N3O6. The molecule has 0 aliphatic carbocycles. The summed E-state index contributed by atoms with van der Waals surface area (Å²) in [5.41, 5.74) is -1.45. The van der Waals surface area contributed by atoms with Gasteiger partial charge in [0.1, 0.15) is 11.1 Å². The lowest BCUT2D eigenvalue weighted by molar-refractivity contribution is -0.384. The van der Waals surface area contributed by atoms with Gasteiger partial charge in [0.25, 0.3) is 11.6 Å². The van der Waals surface area contributed by atoms with Crippen molar-refractivity contribution in [3.63, 3.8) is 0 Å². The van der Waals surface area contributed by atoms with Crippen LogP contribution in [0.5, 0.6) is 0 Å². The summed E-state index contributed by atoms with van der Waals surface area (Å²) < 4.78 is 5.10. The van der Waals surface area contributed by atoms with Crippen LogP contribution in [-0.4, -0.2) is 46.1 Å². The maximum atomic E-state index is 11.9. The van der Waals surface area contributed by atoms with Gasteiger partial charge >= 0.3 is 5.97 Å². The lowest BCUT2D eigenvalue weighted by atomic mass is 9.85. The van der Waals surface area contributed by atoms with Crippen molar-refractivity contribution < 1.29 is 24.4 Å². The van der Waals surface area contributed by atoms with Crippen LogP contribution in [0.2, 0.25) is 0 Å². The molecule has 3 N–H and O–H groups in total. The molecule has 0 bridgehead atoms. The van der Waals surface area contributed by atoms with Gasteiger partial charge in [-0.2, -0.15) is 0 Å². The second-order valence-corrected chi connectivity index (χ2v) is 4.79. The van der Waals surface area contributed by atoms with E-state index in [2.05, 4.69) is 10.3 Å². The minimum Gasteiger partial charge on any atom is -0.481 e. The first-order valence-corrected chi connectivity index (χ1v) is 5.79. The number of ether oxygens (including phenoxy) is 1. The molecule has 9 heteroatoms. The molecule has 108 valence electrons. The fourth-order valence-electron chi connectivity index (χ4n) is 1.94. The van der Waals surface area contributed by atoms with Crippen LogP contribution in [0.3, 0.4) is 0 Å². The van der Waals surface area contributed by atoms with E-state index in [1.54, 1.807) is 0 Å². The first kappa shape index (κ1) is 14.0. The number of hydrogen-bond donors (Lipinski definition) is 3. The molecule has 0 spiro atoms. The quantitative estimate of drug-likeness (QED) is 0.531. The van der Waals surface area contributed by atoms with Crippen LogP contribution in [0.25, 0.3) is 0 Å². The Morgan fingerprint density at radius 2 is 2.35 bits per heavy atom. The average Bonchev–Trinajstić information content (AvgIpc) is 2.98. The summed E-state index contributed by atoms with van der Waals surface area (Å²) in [4.78, 5) is 35.5. The summed E-state index contributed by atoms with van der Waals surface area (Å²) in [6.07, 6.45) is 1.09. The number of aromatic nitrogens is 1. The standard InChI is InChI=1S/C11H13N3O6/c1-11(10(16)17)5-20-4-8(11)13-9(15)7-2-6(3-12-7)14(18)19/h2-3,8,12H,4-5H2,1H3,(H,13,15)(H,16,17). The highest BCUT2D eigenvalue weighted by Gasteiger charge is 2.47. The number of nitro groups is 1. The van der Waals surface area contributed by atoms with Gasteiger partial charge in [0.15, 0.2) is 0 Å². The zero-order chi connectivity index (χ0) is 14.9. The summed E-state index contributed by atoms with van der Waals surface area (Å²) in [5.74, 6) is -1.68. The van der Waals surface area contributed by atoms with E-state index in [1.807, 2.05) is 0 Å². The van der Waals surface area contributed by atoms with Crippen molar-refractivity contribution in [3.05, 3.63) is 28.1 Å². The van der Waals surface area contributed by atoms with Gasteiger partial charge in [-0.3, -0.25) is 19.7 Å². The van der Waals surface area contributed by atoms with Gasteiger partial charge < -0.3 is 20.1 Å². The van der Waals surface area contributed by atoms with Gasteiger partial charge in [-0.25, -0.2) is 0 Å².